The Hall–Kier alpha value is -1.60. The van der Waals surface area contributed by atoms with Gasteiger partial charge in [0.15, 0.2) is 11.5 Å². The van der Waals surface area contributed by atoms with Crippen molar-refractivity contribution in [1.82, 2.24) is 9.78 Å². The third-order valence-electron chi connectivity index (χ3n) is 4.35. The molecule has 2 saturated heterocycles. The number of aromatic nitrogens is 2. The Kier molecular flexibility index (Phi) is 4.59. The zero-order valence-electron chi connectivity index (χ0n) is 14.1. The molecule has 2 fully saturated rings. The molecule has 0 saturated carbocycles. The Morgan fingerprint density at radius 3 is 2.57 bits per heavy atom. The molecular weight excluding hydrogens is 298 g/mol. The monoisotopic (exact) mass is 323 g/mol. The first-order valence-electron chi connectivity index (χ1n) is 8.34. The number of esters is 1. The van der Waals surface area contributed by atoms with E-state index in [0.29, 0.717) is 25.5 Å². The average Bonchev–Trinajstić information content (AvgIpc) is 3.16. The summed E-state index contributed by atoms with van der Waals surface area (Å²) in [7, 11) is 0. The van der Waals surface area contributed by atoms with Crippen LogP contribution in [0.25, 0.3) is 0 Å². The summed E-state index contributed by atoms with van der Waals surface area (Å²) in [4.78, 5) is 14.2. The zero-order chi connectivity index (χ0) is 16.4. The molecule has 3 rings (SSSR count). The van der Waals surface area contributed by atoms with Crippen molar-refractivity contribution < 1.29 is 19.0 Å². The maximum absolute atomic E-state index is 12.0. The molecule has 0 N–H and O–H groups in total. The number of carbonyl (C=O) groups excluding carboxylic acids is 1. The maximum atomic E-state index is 12.0. The first-order valence-corrected chi connectivity index (χ1v) is 8.34. The van der Waals surface area contributed by atoms with Gasteiger partial charge in [0.05, 0.1) is 19.8 Å². The van der Waals surface area contributed by atoms with Crippen LogP contribution in [0.2, 0.25) is 0 Å². The van der Waals surface area contributed by atoms with E-state index in [1.807, 2.05) is 10.7 Å². The topological polar surface area (TPSA) is 65.8 Å². The van der Waals surface area contributed by atoms with E-state index < -0.39 is 5.79 Å². The SMILES string of the molecule is CCOC(=O)c1cc(N2CCC3(CC2)OCCO3)n(C(C)C)n1. The quantitative estimate of drug-likeness (QED) is 0.790. The molecule has 7 heteroatoms. The van der Waals surface area contributed by atoms with Crippen molar-refractivity contribution >= 4 is 11.8 Å². The van der Waals surface area contributed by atoms with Crippen LogP contribution >= 0.6 is 0 Å². The van der Waals surface area contributed by atoms with E-state index >= 15 is 0 Å². The molecule has 128 valence electrons. The van der Waals surface area contributed by atoms with E-state index in [4.69, 9.17) is 14.2 Å². The van der Waals surface area contributed by atoms with Crippen molar-refractivity contribution in [2.24, 2.45) is 0 Å². The second kappa shape index (κ2) is 6.49. The molecule has 23 heavy (non-hydrogen) atoms. The highest BCUT2D eigenvalue weighted by Crippen LogP contribution is 2.34. The van der Waals surface area contributed by atoms with Gasteiger partial charge in [0.2, 0.25) is 0 Å². The maximum Gasteiger partial charge on any atom is 0.358 e. The van der Waals surface area contributed by atoms with Gasteiger partial charge >= 0.3 is 5.97 Å². The van der Waals surface area contributed by atoms with E-state index in [0.717, 1.165) is 31.7 Å². The van der Waals surface area contributed by atoms with E-state index in [1.165, 1.54) is 0 Å². The minimum atomic E-state index is -0.400. The molecule has 0 radical (unpaired) electrons. The predicted octanol–water partition coefficient (Wildman–Crippen LogP) is 1.98. The molecule has 0 aromatic carbocycles. The Labute approximate surface area is 136 Å². The van der Waals surface area contributed by atoms with Crippen LogP contribution in [0.15, 0.2) is 6.07 Å². The van der Waals surface area contributed by atoms with Gasteiger partial charge in [0, 0.05) is 38.0 Å². The van der Waals surface area contributed by atoms with E-state index in [-0.39, 0.29) is 12.0 Å². The normalized spacial score (nSPS) is 20.4. The Balaban J connectivity index is 1.77. The molecule has 3 heterocycles. The summed E-state index contributed by atoms with van der Waals surface area (Å²) in [5.74, 6) is 0.184. The fourth-order valence-corrected chi connectivity index (χ4v) is 3.17. The summed E-state index contributed by atoms with van der Waals surface area (Å²) in [6, 6.07) is 2.00. The summed E-state index contributed by atoms with van der Waals surface area (Å²) < 4.78 is 18.5. The van der Waals surface area contributed by atoms with Crippen LogP contribution in [0, 0.1) is 0 Å². The highest BCUT2D eigenvalue weighted by atomic mass is 16.7. The molecule has 1 aromatic heterocycles. The van der Waals surface area contributed by atoms with Crippen molar-refractivity contribution in [3.05, 3.63) is 11.8 Å². The summed E-state index contributed by atoms with van der Waals surface area (Å²) in [6.07, 6.45) is 1.65. The number of carbonyl (C=O) groups is 1. The van der Waals surface area contributed by atoms with Gasteiger partial charge in [-0.1, -0.05) is 0 Å². The lowest BCUT2D eigenvalue weighted by Gasteiger charge is -2.38. The van der Waals surface area contributed by atoms with Crippen molar-refractivity contribution in [3.8, 4) is 0 Å². The van der Waals surface area contributed by atoms with Gasteiger partial charge in [-0.25, -0.2) is 9.48 Å². The highest BCUT2D eigenvalue weighted by molar-refractivity contribution is 5.88. The van der Waals surface area contributed by atoms with Crippen LogP contribution in [-0.2, 0) is 14.2 Å². The van der Waals surface area contributed by atoms with Gasteiger partial charge in [0.1, 0.15) is 5.82 Å². The van der Waals surface area contributed by atoms with Crippen LogP contribution in [0.3, 0.4) is 0 Å². The van der Waals surface area contributed by atoms with Gasteiger partial charge < -0.3 is 19.1 Å². The Morgan fingerprint density at radius 2 is 2.00 bits per heavy atom. The molecular formula is C16H25N3O4. The third-order valence-corrected chi connectivity index (χ3v) is 4.35. The molecule has 0 atom stereocenters. The number of rotatable bonds is 4. The van der Waals surface area contributed by atoms with Gasteiger partial charge in [-0.3, -0.25) is 0 Å². The molecule has 1 aromatic rings. The number of piperidine rings is 1. The first kappa shape index (κ1) is 16.3. The van der Waals surface area contributed by atoms with Gasteiger partial charge in [-0.2, -0.15) is 5.10 Å². The van der Waals surface area contributed by atoms with Crippen molar-refractivity contribution in [2.45, 2.75) is 45.4 Å². The molecule has 0 aliphatic carbocycles. The van der Waals surface area contributed by atoms with Crippen LogP contribution in [0.4, 0.5) is 5.82 Å². The summed E-state index contributed by atoms with van der Waals surface area (Å²) in [5, 5.41) is 4.43. The standard InChI is InChI=1S/C16H25N3O4/c1-4-21-15(20)13-11-14(19(17-13)12(2)3)18-7-5-16(6-8-18)22-9-10-23-16/h11-12H,4-10H2,1-3H3. The van der Waals surface area contributed by atoms with Crippen LogP contribution in [-0.4, -0.2) is 54.4 Å². The Bertz CT molecular complexity index is 554. The Morgan fingerprint density at radius 1 is 1.35 bits per heavy atom. The minimum Gasteiger partial charge on any atom is -0.461 e. The fraction of sp³-hybridized carbons (Fsp3) is 0.750. The molecule has 2 aliphatic heterocycles. The first-order chi connectivity index (χ1) is 11.0. The van der Waals surface area contributed by atoms with Gasteiger partial charge in [0.25, 0.3) is 0 Å². The van der Waals surface area contributed by atoms with E-state index in [2.05, 4.69) is 23.8 Å². The average molecular weight is 323 g/mol. The molecule has 0 unspecified atom stereocenters. The molecule has 0 bridgehead atoms. The van der Waals surface area contributed by atoms with Crippen molar-refractivity contribution in [1.29, 1.82) is 0 Å². The second-order valence-electron chi connectivity index (χ2n) is 6.24. The van der Waals surface area contributed by atoms with Crippen LogP contribution in [0.5, 0.6) is 0 Å². The van der Waals surface area contributed by atoms with Crippen molar-refractivity contribution in [2.75, 3.05) is 37.8 Å². The van der Waals surface area contributed by atoms with Gasteiger partial charge in [-0.15, -0.1) is 0 Å². The zero-order valence-corrected chi connectivity index (χ0v) is 14.1. The summed E-state index contributed by atoms with van der Waals surface area (Å²) in [5.41, 5.74) is 0.365. The predicted molar refractivity (Wildman–Crippen MR) is 84.7 cm³/mol. The van der Waals surface area contributed by atoms with E-state index in [1.54, 1.807) is 6.92 Å². The number of anilines is 1. The molecule has 1 spiro atoms. The number of nitrogens with zero attached hydrogens (tertiary/aromatic N) is 3. The lowest BCUT2D eigenvalue weighted by Crippen LogP contribution is -2.45. The molecule has 2 aliphatic rings. The largest absolute Gasteiger partial charge is 0.461 e. The lowest BCUT2D eigenvalue weighted by atomic mass is 10.0. The minimum absolute atomic E-state index is 0.169. The second-order valence-corrected chi connectivity index (χ2v) is 6.24. The van der Waals surface area contributed by atoms with Crippen molar-refractivity contribution in [3.63, 3.8) is 0 Å². The summed E-state index contributed by atoms with van der Waals surface area (Å²) >= 11 is 0. The number of hydrogen-bond donors (Lipinski definition) is 0. The summed E-state index contributed by atoms with van der Waals surface area (Å²) in [6.45, 7) is 9.25. The number of ether oxygens (including phenoxy) is 3. The fourth-order valence-electron chi connectivity index (χ4n) is 3.17. The van der Waals surface area contributed by atoms with Crippen LogP contribution in [0.1, 0.15) is 50.1 Å². The highest BCUT2D eigenvalue weighted by Gasteiger charge is 2.40. The molecule has 0 amide bonds. The molecule has 7 nitrogen and oxygen atoms in total. The smallest absolute Gasteiger partial charge is 0.358 e. The third kappa shape index (κ3) is 3.21. The lowest BCUT2D eigenvalue weighted by molar-refractivity contribution is -0.169. The van der Waals surface area contributed by atoms with Gasteiger partial charge in [-0.05, 0) is 20.8 Å². The van der Waals surface area contributed by atoms with E-state index in [9.17, 15) is 4.79 Å². The number of hydrogen-bond acceptors (Lipinski definition) is 6. The van der Waals surface area contributed by atoms with Crippen LogP contribution < -0.4 is 4.90 Å².